The largest absolute Gasteiger partial charge is 0.481 e. The summed E-state index contributed by atoms with van der Waals surface area (Å²) >= 11 is 0. The number of carbonyl (C=O) groups is 1. The molecule has 0 radical (unpaired) electrons. The highest BCUT2D eigenvalue weighted by Crippen LogP contribution is 2.48. The topological polar surface area (TPSA) is 50.4 Å². The minimum atomic E-state index is -0.728. The zero-order valence-electron chi connectivity index (χ0n) is 10.1. The van der Waals surface area contributed by atoms with Crippen molar-refractivity contribution in [3.8, 4) is 11.3 Å². The fourth-order valence-electron chi connectivity index (χ4n) is 2.21. The first-order chi connectivity index (χ1) is 8.65. The van der Waals surface area contributed by atoms with Gasteiger partial charge in [-0.25, -0.2) is 0 Å². The SMILES string of the molecule is Cc1ccc(-c2ccc([C@@H]3C[C@H]3C(=O)O)o2)cc1. The lowest BCUT2D eigenvalue weighted by Gasteiger charge is -1.98. The second-order valence-electron chi connectivity index (χ2n) is 4.85. The maximum absolute atomic E-state index is 10.8. The molecule has 1 heterocycles. The molecular formula is C15H14O3. The third-order valence-corrected chi connectivity index (χ3v) is 3.44. The fraction of sp³-hybridized carbons (Fsp3) is 0.267. The number of aliphatic carboxylic acids is 1. The predicted octanol–water partition coefficient (Wildman–Crippen LogP) is 3.44. The van der Waals surface area contributed by atoms with Crippen molar-refractivity contribution in [3.63, 3.8) is 0 Å². The summed E-state index contributed by atoms with van der Waals surface area (Å²) in [5, 5.41) is 8.90. The van der Waals surface area contributed by atoms with Crippen molar-refractivity contribution in [1.82, 2.24) is 0 Å². The monoisotopic (exact) mass is 242 g/mol. The van der Waals surface area contributed by atoms with Crippen LogP contribution in [0, 0.1) is 12.8 Å². The summed E-state index contributed by atoms with van der Waals surface area (Å²) < 4.78 is 5.75. The van der Waals surface area contributed by atoms with Gasteiger partial charge >= 0.3 is 5.97 Å². The van der Waals surface area contributed by atoms with Crippen LogP contribution in [0.2, 0.25) is 0 Å². The van der Waals surface area contributed by atoms with E-state index in [4.69, 9.17) is 9.52 Å². The molecule has 0 spiro atoms. The Hall–Kier alpha value is -2.03. The van der Waals surface area contributed by atoms with E-state index in [1.54, 1.807) is 0 Å². The first-order valence-electron chi connectivity index (χ1n) is 6.05. The lowest BCUT2D eigenvalue weighted by atomic mass is 10.1. The van der Waals surface area contributed by atoms with Crippen LogP contribution in [-0.4, -0.2) is 11.1 Å². The van der Waals surface area contributed by atoms with Crippen molar-refractivity contribution in [1.29, 1.82) is 0 Å². The second-order valence-corrected chi connectivity index (χ2v) is 4.85. The average Bonchev–Trinajstić information content (AvgIpc) is 3.02. The number of hydrogen-bond donors (Lipinski definition) is 1. The van der Waals surface area contributed by atoms with Crippen molar-refractivity contribution in [2.75, 3.05) is 0 Å². The Bertz CT molecular complexity index is 580. The Morgan fingerprint density at radius 3 is 2.56 bits per heavy atom. The molecule has 0 amide bonds. The first-order valence-corrected chi connectivity index (χ1v) is 6.05. The Labute approximate surface area is 105 Å². The summed E-state index contributed by atoms with van der Waals surface area (Å²) in [6, 6.07) is 11.9. The first kappa shape index (κ1) is 11.1. The fourth-order valence-corrected chi connectivity index (χ4v) is 2.21. The zero-order chi connectivity index (χ0) is 12.7. The molecule has 1 fully saturated rings. The summed E-state index contributed by atoms with van der Waals surface area (Å²) in [6.07, 6.45) is 0.691. The number of furan rings is 1. The van der Waals surface area contributed by atoms with Gasteiger partial charge in [0.15, 0.2) is 0 Å². The zero-order valence-corrected chi connectivity index (χ0v) is 10.1. The molecule has 3 heteroatoms. The maximum Gasteiger partial charge on any atom is 0.307 e. The van der Waals surface area contributed by atoms with Crippen LogP contribution in [-0.2, 0) is 4.79 Å². The molecule has 1 aliphatic rings. The summed E-state index contributed by atoms with van der Waals surface area (Å²) in [4.78, 5) is 10.8. The van der Waals surface area contributed by atoms with Gasteiger partial charge in [-0.2, -0.15) is 0 Å². The molecule has 0 bridgehead atoms. The molecule has 3 nitrogen and oxygen atoms in total. The van der Waals surface area contributed by atoms with Gasteiger partial charge in [0.25, 0.3) is 0 Å². The minimum absolute atomic E-state index is 0.0571. The minimum Gasteiger partial charge on any atom is -0.481 e. The van der Waals surface area contributed by atoms with Crippen molar-refractivity contribution in [3.05, 3.63) is 47.7 Å². The molecular weight excluding hydrogens is 228 g/mol. The van der Waals surface area contributed by atoms with E-state index in [-0.39, 0.29) is 11.8 Å². The van der Waals surface area contributed by atoms with Gasteiger partial charge in [0.05, 0.1) is 5.92 Å². The Balaban J connectivity index is 1.82. The molecule has 3 rings (SSSR count). The predicted molar refractivity (Wildman–Crippen MR) is 67.4 cm³/mol. The lowest BCUT2D eigenvalue weighted by Crippen LogP contribution is -1.98. The van der Waals surface area contributed by atoms with E-state index in [1.807, 2.05) is 43.3 Å². The van der Waals surface area contributed by atoms with Gasteiger partial charge in [0.2, 0.25) is 0 Å². The quantitative estimate of drug-likeness (QED) is 0.896. The van der Waals surface area contributed by atoms with Gasteiger partial charge in [-0.1, -0.05) is 29.8 Å². The van der Waals surface area contributed by atoms with Crippen LogP contribution in [0.15, 0.2) is 40.8 Å². The molecule has 1 aromatic heterocycles. The van der Waals surface area contributed by atoms with Gasteiger partial charge in [-0.3, -0.25) is 4.79 Å². The van der Waals surface area contributed by atoms with E-state index in [9.17, 15) is 4.79 Å². The molecule has 1 N–H and O–H groups in total. The summed E-state index contributed by atoms with van der Waals surface area (Å²) in [5.74, 6) is 0.663. The molecule has 0 saturated heterocycles. The molecule has 2 atom stereocenters. The molecule has 0 aliphatic heterocycles. The molecule has 92 valence electrons. The Morgan fingerprint density at radius 1 is 1.22 bits per heavy atom. The van der Waals surface area contributed by atoms with Crippen LogP contribution in [0.25, 0.3) is 11.3 Å². The van der Waals surface area contributed by atoms with Gasteiger partial charge in [0.1, 0.15) is 11.5 Å². The average molecular weight is 242 g/mol. The van der Waals surface area contributed by atoms with E-state index in [2.05, 4.69) is 0 Å². The van der Waals surface area contributed by atoms with Crippen molar-refractivity contribution >= 4 is 5.97 Å². The Morgan fingerprint density at radius 2 is 1.94 bits per heavy atom. The Kier molecular flexibility index (Phi) is 2.47. The summed E-state index contributed by atoms with van der Waals surface area (Å²) in [6.45, 7) is 2.04. The van der Waals surface area contributed by atoms with Gasteiger partial charge in [0, 0.05) is 11.5 Å². The van der Waals surface area contributed by atoms with Crippen LogP contribution in [0.1, 0.15) is 23.7 Å². The van der Waals surface area contributed by atoms with Crippen LogP contribution < -0.4 is 0 Å². The number of hydrogen-bond acceptors (Lipinski definition) is 2. The van der Waals surface area contributed by atoms with Gasteiger partial charge in [-0.05, 0) is 25.5 Å². The number of carboxylic acid groups (broad SMARTS) is 1. The molecule has 1 aromatic carbocycles. The summed E-state index contributed by atoms with van der Waals surface area (Å²) in [7, 11) is 0. The van der Waals surface area contributed by atoms with Crippen LogP contribution in [0.4, 0.5) is 0 Å². The molecule has 0 unspecified atom stereocenters. The van der Waals surface area contributed by atoms with E-state index >= 15 is 0 Å². The van der Waals surface area contributed by atoms with Crippen molar-refractivity contribution in [2.24, 2.45) is 5.92 Å². The van der Waals surface area contributed by atoms with E-state index in [1.165, 1.54) is 5.56 Å². The lowest BCUT2D eigenvalue weighted by molar-refractivity contribution is -0.138. The molecule has 1 aliphatic carbocycles. The smallest absolute Gasteiger partial charge is 0.307 e. The van der Waals surface area contributed by atoms with E-state index < -0.39 is 5.97 Å². The van der Waals surface area contributed by atoms with E-state index in [0.29, 0.717) is 6.42 Å². The third kappa shape index (κ3) is 1.92. The van der Waals surface area contributed by atoms with Gasteiger partial charge < -0.3 is 9.52 Å². The number of benzene rings is 1. The van der Waals surface area contributed by atoms with Gasteiger partial charge in [-0.15, -0.1) is 0 Å². The number of aryl methyl sites for hydroxylation is 1. The molecule has 18 heavy (non-hydrogen) atoms. The highest BCUT2D eigenvalue weighted by Gasteiger charge is 2.46. The standard InChI is InChI=1S/C15H14O3/c1-9-2-4-10(5-3-9)13-6-7-14(18-13)11-8-12(11)15(16)17/h2-7,11-12H,8H2,1H3,(H,16,17)/t11-,12-/m1/s1. The number of carboxylic acids is 1. The summed E-state index contributed by atoms with van der Waals surface area (Å²) in [5.41, 5.74) is 2.23. The van der Waals surface area contributed by atoms with Crippen LogP contribution in [0.3, 0.4) is 0 Å². The second kappa shape index (κ2) is 4.02. The van der Waals surface area contributed by atoms with Crippen molar-refractivity contribution < 1.29 is 14.3 Å². The van der Waals surface area contributed by atoms with E-state index in [0.717, 1.165) is 17.1 Å². The maximum atomic E-state index is 10.8. The van der Waals surface area contributed by atoms with Crippen LogP contribution in [0.5, 0.6) is 0 Å². The normalized spacial score (nSPS) is 21.8. The highest BCUT2D eigenvalue weighted by molar-refractivity contribution is 5.75. The molecule has 2 aromatic rings. The van der Waals surface area contributed by atoms with Crippen molar-refractivity contribution in [2.45, 2.75) is 19.3 Å². The molecule has 1 saturated carbocycles. The highest BCUT2D eigenvalue weighted by atomic mass is 16.4. The third-order valence-electron chi connectivity index (χ3n) is 3.44. The number of rotatable bonds is 3. The van der Waals surface area contributed by atoms with Crippen LogP contribution >= 0.6 is 0 Å².